The van der Waals surface area contributed by atoms with Crippen molar-refractivity contribution in [2.45, 2.75) is 0 Å². The maximum absolute atomic E-state index is 11.4. The SMILES string of the molecule is COc1ccc(-c2nc3cc(C(=O)O)ccc3nc2-c2ccccc2)c(OC)c1. The number of aromatic nitrogens is 2. The number of ether oxygens (including phenoxy) is 2. The van der Waals surface area contributed by atoms with Gasteiger partial charge in [-0.25, -0.2) is 14.8 Å². The largest absolute Gasteiger partial charge is 0.497 e. The molecule has 0 aliphatic rings. The van der Waals surface area contributed by atoms with Crippen molar-refractivity contribution in [3.63, 3.8) is 0 Å². The van der Waals surface area contributed by atoms with Crippen LogP contribution < -0.4 is 9.47 Å². The van der Waals surface area contributed by atoms with Gasteiger partial charge in [-0.1, -0.05) is 30.3 Å². The Kier molecular flexibility index (Phi) is 4.83. The number of methoxy groups -OCH3 is 2. The van der Waals surface area contributed by atoms with E-state index in [1.807, 2.05) is 42.5 Å². The summed E-state index contributed by atoms with van der Waals surface area (Å²) in [5.41, 5.74) is 4.20. The zero-order chi connectivity index (χ0) is 20.4. The maximum atomic E-state index is 11.4. The average molecular weight is 386 g/mol. The van der Waals surface area contributed by atoms with Crippen molar-refractivity contribution in [3.8, 4) is 34.0 Å². The summed E-state index contributed by atoms with van der Waals surface area (Å²) in [6.45, 7) is 0. The molecule has 1 heterocycles. The summed E-state index contributed by atoms with van der Waals surface area (Å²) < 4.78 is 10.9. The molecule has 144 valence electrons. The minimum atomic E-state index is -1.01. The lowest BCUT2D eigenvalue weighted by molar-refractivity contribution is 0.0697. The molecule has 6 nitrogen and oxygen atoms in total. The number of carboxylic acid groups (broad SMARTS) is 1. The molecule has 0 atom stereocenters. The van der Waals surface area contributed by atoms with Crippen molar-refractivity contribution in [2.75, 3.05) is 14.2 Å². The Morgan fingerprint density at radius 2 is 1.59 bits per heavy atom. The van der Waals surface area contributed by atoms with E-state index in [4.69, 9.17) is 19.4 Å². The van der Waals surface area contributed by atoms with Gasteiger partial charge in [0.05, 0.1) is 36.5 Å². The third kappa shape index (κ3) is 3.48. The third-order valence-corrected chi connectivity index (χ3v) is 4.62. The van der Waals surface area contributed by atoms with Crippen LogP contribution in [0.2, 0.25) is 0 Å². The number of aromatic carboxylic acids is 1. The van der Waals surface area contributed by atoms with E-state index in [0.29, 0.717) is 33.9 Å². The van der Waals surface area contributed by atoms with Crippen molar-refractivity contribution in [2.24, 2.45) is 0 Å². The molecule has 29 heavy (non-hydrogen) atoms. The van der Waals surface area contributed by atoms with E-state index in [9.17, 15) is 9.90 Å². The fraction of sp³-hybridized carbons (Fsp3) is 0.0870. The monoisotopic (exact) mass is 386 g/mol. The van der Waals surface area contributed by atoms with Crippen molar-refractivity contribution in [1.82, 2.24) is 9.97 Å². The Hall–Kier alpha value is -3.93. The summed E-state index contributed by atoms with van der Waals surface area (Å²) in [5, 5.41) is 9.32. The molecule has 0 aliphatic carbocycles. The van der Waals surface area contributed by atoms with Gasteiger partial charge in [0, 0.05) is 17.2 Å². The van der Waals surface area contributed by atoms with Gasteiger partial charge in [-0.05, 0) is 30.3 Å². The summed E-state index contributed by atoms with van der Waals surface area (Å²) in [6.07, 6.45) is 0. The number of hydrogen-bond acceptors (Lipinski definition) is 5. The smallest absolute Gasteiger partial charge is 0.335 e. The van der Waals surface area contributed by atoms with E-state index in [2.05, 4.69) is 0 Å². The molecule has 1 aromatic heterocycles. The highest BCUT2D eigenvalue weighted by Crippen LogP contribution is 2.38. The Bertz CT molecular complexity index is 1210. The highest BCUT2D eigenvalue weighted by atomic mass is 16.5. The van der Waals surface area contributed by atoms with E-state index in [1.54, 1.807) is 26.4 Å². The van der Waals surface area contributed by atoms with E-state index in [0.717, 1.165) is 11.1 Å². The maximum Gasteiger partial charge on any atom is 0.335 e. The van der Waals surface area contributed by atoms with Crippen LogP contribution in [0.3, 0.4) is 0 Å². The van der Waals surface area contributed by atoms with Gasteiger partial charge >= 0.3 is 5.97 Å². The fourth-order valence-corrected chi connectivity index (χ4v) is 3.17. The molecular weight excluding hydrogens is 368 g/mol. The summed E-state index contributed by atoms with van der Waals surface area (Å²) in [6, 6.07) is 19.9. The van der Waals surface area contributed by atoms with E-state index >= 15 is 0 Å². The van der Waals surface area contributed by atoms with Crippen LogP contribution in [0.15, 0.2) is 66.7 Å². The number of hydrogen-bond donors (Lipinski definition) is 1. The van der Waals surface area contributed by atoms with Gasteiger partial charge in [0.15, 0.2) is 0 Å². The van der Waals surface area contributed by atoms with Crippen LogP contribution in [-0.4, -0.2) is 35.3 Å². The summed E-state index contributed by atoms with van der Waals surface area (Å²) in [4.78, 5) is 21.0. The second kappa shape index (κ2) is 7.59. The number of carboxylic acids is 1. The molecule has 1 N–H and O–H groups in total. The van der Waals surface area contributed by atoms with E-state index in [1.165, 1.54) is 12.1 Å². The van der Waals surface area contributed by atoms with Crippen molar-refractivity contribution in [1.29, 1.82) is 0 Å². The third-order valence-electron chi connectivity index (χ3n) is 4.62. The zero-order valence-corrected chi connectivity index (χ0v) is 15.9. The summed E-state index contributed by atoms with van der Waals surface area (Å²) >= 11 is 0. The van der Waals surface area contributed by atoms with Crippen LogP contribution in [0.25, 0.3) is 33.5 Å². The van der Waals surface area contributed by atoms with Crippen LogP contribution in [0.5, 0.6) is 11.5 Å². The Morgan fingerprint density at radius 1 is 0.828 bits per heavy atom. The second-order valence-electron chi connectivity index (χ2n) is 6.36. The van der Waals surface area contributed by atoms with Crippen LogP contribution in [0.4, 0.5) is 0 Å². The first-order chi connectivity index (χ1) is 14.1. The molecule has 4 rings (SSSR count). The molecule has 0 bridgehead atoms. The molecule has 4 aromatic rings. The predicted molar refractivity (Wildman–Crippen MR) is 110 cm³/mol. The number of benzene rings is 3. The van der Waals surface area contributed by atoms with Crippen LogP contribution >= 0.6 is 0 Å². The van der Waals surface area contributed by atoms with Gasteiger partial charge in [-0.3, -0.25) is 0 Å². The van der Waals surface area contributed by atoms with E-state index in [-0.39, 0.29) is 5.56 Å². The normalized spacial score (nSPS) is 10.7. The van der Waals surface area contributed by atoms with Gasteiger partial charge in [0.1, 0.15) is 17.2 Å². The van der Waals surface area contributed by atoms with Crippen LogP contribution in [0, 0.1) is 0 Å². The molecule has 0 spiro atoms. The lowest BCUT2D eigenvalue weighted by atomic mass is 10.0. The number of nitrogens with zero attached hydrogens (tertiary/aromatic N) is 2. The standard InChI is InChI=1S/C23H18N2O4/c1-28-16-9-10-17(20(13-16)29-2)22-21(14-6-4-3-5-7-14)24-18-11-8-15(23(26)27)12-19(18)25-22/h3-13H,1-2H3,(H,26,27). The molecule has 0 radical (unpaired) electrons. The van der Waals surface area contributed by atoms with Crippen molar-refractivity contribution >= 4 is 17.0 Å². The van der Waals surface area contributed by atoms with Gasteiger partial charge in [-0.2, -0.15) is 0 Å². The highest BCUT2D eigenvalue weighted by Gasteiger charge is 2.18. The number of fused-ring (bicyclic) bond motifs is 1. The number of carbonyl (C=O) groups is 1. The van der Waals surface area contributed by atoms with Gasteiger partial charge in [0.2, 0.25) is 0 Å². The molecular formula is C23H18N2O4. The first-order valence-corrected chi connectivity index (χ1v) is 8.93. The molecule has 3 aromatic carbocycles. The average Bonchev–Trinajstić information content (AvgIpc) is 2.77. The van der Waals surface area contributed by atoms with Gasteiger partial charge in [0.25, 0.3) is 0 Å². The van der Waals surface area contributed by atoms with Crippen LogP contribution in [0.1, 0.15) is 10.4 Å². The quantitative estimate of drug-likeness (QED) is 0.536. The predicted octanol–water partition coefficient (Wildman–Crippen LogP) is 4.68. The van der Waals surface area contributed by atoms with Crippen LogP contribution in [-0.2, 0) is 0 Å². The molecule has 0 saturated carbocycles. The minimum Gasteiger partial charge on any atom is -0.497 e. The lowest BCUT2D eigenvalue weighted by Crippen LogP contribution is -2.00. The van der Waals surface area contributed by atoms with E-state index < -0.39 is 5.97 Å². The fourth-order valence-electron chi connectivity index (χ4n) is 3.17. The summed E-state index contributed by atoms with van der Waals surface area (Å²) in [7, 11) is 3.17. The highest BCUT2D eigenvalue weighted by molar-refractivity contribution is 5.94. The molecule has 0 aliphatic heterocycles. The minimum absolute atomic E-state index is 0.159. The second-order valence-corrected chi connectivity index (χ2v) is 6.36. The lowest BCUT2D eigenvalue weighted by Gasteiger charge is -2.14. The van der Waals surface area contributed by atoms with Crippen molar-refractivity contribution < 1.29 is 19.4 Å². The molecule has 0 unspecified atom stereocenters. The molecule has 6 heteroatoms. The van der Waals surface area contributed by atoms with Gasteiger partial charge in [-0.15, -0.1) is 0 Å². The number of rotatable bonds is 5. The Morgan fingerprint density at radius 3 is 2.28 bits per heavy atom. The Labute approximate surface area is 167 Å². The zero-order valence-electron chi connectivity index (χ0n) is 15.9. The molecule has 0 amide bonds. The van der Waals surface area contributed by atoms with Crippen molar-refractivity contribution in [3.05, 3.63) is 72.3 Å². The Balaban J connectivity index is 2.03. The first kappa shape index (κ1) is 18.4. The van der Waals surface area contributed by atoms with Gasteiger partial charge < -0.3 is 14.6 Å². The molecule has 0 saturated heterocycles. The first-order valence-electron chi connectivity index (χ1n) is 8.93. The summed E-state index contributed by atoms with van der Waals surface area (Å²) in [5.74, 6) is 0.239. The molecule has 0 fully saturated rings. The topological polar surface area (TPSA) is 81.5 Å².